The van der Waals surface area contributed by atoms with E-state index in [-0.39, 0.29) is 18.3 Å². The Morgan fingerprint density at radius 2 is 1.95 bits per heavy atom. The van der Waals surface area contributed by atoms with E-state index < -0.39 is 17.5 Å². The van der Waals surface area contributed by atoms with Crippen molar-refractivity contribution < 1.29 is 24.1 Å². The van der Waals surface area contributed by atoms with E-state index in [1.807, 2.05) is 26.0 Å². The fraction of sp³-hybridized carbons (Fsp3) is 0.765. The van der Waals surface area contributed by atoms with Gasteiger partial charge in [0.1, 0.15) is 17.8 Å². The van der Waals surface area contributed by atoms with Gasteiger partial charge in [0.25, 0.3) is 0 Å². The van der Waals surface area contributed by atoms with Crippen molar-refractivity contribution in [1.29, 1.82) is 0 Å². The summed E-state index contributed by atoms with van der Waals surface area (Å²) < 4.78 is 22.5. The van der Waals surface area contributed by atoms with Crippen LogP contribution in [-0.4, -0.2) is 49.2 Å². The van der Waals surface area contributed by atoms with Crippen LogP contribution >= 0.6 is 0 Å². The van der Waals surface area contributed by atoms with E-state index in [1.54, 1.807) is 20.3 Å². The van der Waals surface area contributed by atoms with Gasteiger partial charge >= 0.3 is 0 Å². The van der Waals surface area contributed by atoms with Gasteiger partial charge in [0.2, 0.25) is 0 Å². The zero-order valence-electron chi connectivity index (χ0n) is 14.1. The molecule has 0 bridgehead atoms. The lowest BCUT2D eigenvalue weighted by atomic mass is 9.77. The molecule has 2 aliphatic rings. The molecule has 0 aromatic rings. The highest BCUT2D eigenvalue weighted by Gasteiger charge is 2.57. The molecule has 1 heterocycles. The third kappa shape index (κ3) is 3.44. The monoisotopic (exact) mass is 312 g/mol. The third-order valence-electron chi connectivity index (χ3n) is 4.37. The van der Waals surface area contributed by atoms with Gasteiger partial charge in [-0.05, 0) is 20.3 Å². The van der Waals surface area contributed by atoms with Gasteiger partial charge < -0.3 is 24.1 Å². The first-order valence-corrected chi connectivity index (χ1v) is 7.82. The van der Waals surface area contributed by atoms with Crippen molar-refractivity contribution in [3.05, 3.63) is 24.3 Å². The standard InChI is InChI=1S/C17H28O5/c1-12-9-10-13(18)15-17(12,22-16(2,3)21-15)11-7-6-8-14(19-4)20-5/h7,9-15,18H,6,8H2,1-5H3/b11-7-/t12-,13+,15-,17+/m1/s1. The maximum Gasteiger partial charge on any atom is 0.164 e. The van der Waals surface area contributed by atoms with Crippen molar-refractivity contribution in [3.63, 3.8) is 0 Å². The molecule has 0 spiro atoms. The van der Waals surface area contributed by atoms with Gasteiger partial charge in [-0.25, -0.2) is 0 Å². The van der Waals surface area contributed by atoms with Crippen LogP contribution in [0.4, 0.5) is 0 Å². The molecule has 2 rings (SSSR count). The second-order valence-corrected chi connectivity index (χ2v) is 6.44. The van der Waals surface area contributed by atoms with Gasteiger partial charge in [0.15, 0.2) is 12.1 Å². The van der Waals surface area contributed by atoms with E-state index in [4.69, 9.17) is 18.9 Å². The lowest BCUT2D eigenvalue weighted by Crippen LogP contribution is -2.51. The minimum Gasteiger partial charge on any atom is -0.386 e. The van der Waals surface area contributed by atoms with Crippen molar-refractivity contribution in [3.8, 4) is 0 Å². The van der Waals surface area contributed by atoms with Crippen LogP contribution < -0.4 is 0 Å². The second-order valence-electron chi connectivity index (χ2n) is 6.44. The van der Waals surface area contributed by atoms with Crippen LogP contribution in [0.25, 0.3) is 0 Å². The van der Waals surface area contributed by atoms with Crippen molar-refractivity contribution in [2.75, 3.05) is 14.2 Å². The molecule has 1 aliphatic carbocycles. The Bertz CT molecular complexity index is 427. The SMILES string of the molecule is COC(CC/C=C\[C@@]12OC(C)(C)O[C@@H]1[C@@H](O)C=C[C@H]2C)OC. The summed E-state index contributed by atoms with van der Waals surface area (Å²) in [6, 6.07) is 0. The minimum absolute atomic E-state index is 0.125. The number of rotatable bonds is 6. The molecule has 0 aromatic carbocycles. The number of hydrogen-bond acceptors (Lipinski definition) is 5. The molecular formula is C17H28O5. The van der Waals surface area contributed by atoms with E-state index in [0.717, 1.165) is 12.8 Å². The lowest BCUT2D eigenvalue weighted by molar-refractivity contribution is -0.161. The molecule has 1 saturated heterocycles. The van der Waals surface area contributed by atoms with Gasteiger partial charge in [0.05, 0.1) is 0 Å². The summed E-state index contributed by atoms with van der Waals surface area (Å²) >= 11 is 0. The van der Waals surface area contributed by atoms with Crippen molar-refractivity contribution in [2.24, 2.45) is 5.92 Å². The zero-order valence-corrected chi connectivity index (χ0v) is 14.1. The molecule has 5 nitrogen and oxygen atoms in total. The van der Waals surface area contributed by atoms with Crippen molar-refractivity contribution in [1.82, 2.24) is 0 Å². The highest BCUT2D eigenvalue weighted by molar-refractivity contribution is 5.24. The number of hydrogen-bond donors (Lipinski definition) is 1. The van der Waals surface area contributed by atoms with Crippen LogP contribution in [0.2, 0.25) is 0 Å². The molecule has 126 valence electrons. The largest absolute Gasteiger partial charge is 0.386 e. The van der Waals surface area contributed by atoms with Gasteiger partial charge in [-0.1, -0.05) is 31.2 Å². The Morgan fingerprint density at radius 3 is 2.59 bits per heavy atom. The zero-order chi connectivity index (χ0) is 16.4. The van der Waals surface area contributed by atoms with Crippen LogP contribution in [0.3, 0.4) is 0 Å². The molecule has 0 aromatic heterocycles. The van der Waals surface area contributed by atoms with Crippen LogP contribution in [-0.2, 0) is 18.9 Å². The third-order valence-corrected chi connectivity index (χ3v) is 4.37. The molecule has 0 amide bonds. The Morgan fingerprint density at radius 1 is 1.27 bits per heavy atom. The fourth-order valence-electron chi connectivity index (χ4n) is 3.24. The van der Waals surface area contributed by atoms with E-state index in [1.165, 1.54) is 0 Å². The number of allylic oxidation sites excluding steroid dienone is 1. The van der Waals surface area contributed by atoms with E-state index >= 15 is 0 Å². The summed E-state index contributed by atoms with van der Waals surface area (Å²) in [5.41, 5.74) is -0.632. The summed E-state index contributed by atoms with van der Waals surface area (Å²) in [7, 11) is 3.26. The maximum absolute atomic E-state index is 10.2. The molecule has 5 heteroatoms. The normalized spacial score (nSPS) is 37.1. The van der Waals surface area contributed by atoms with E-state index in [2.05, 4.69) is 13.0 Å². The van der Waals surface area contributed by atoms with Gasteiger partial charge in [0, 0.05) is 26.6 Å². The highest BCUT2D eigenvalue weighted by atomic mass is 16.8. The Hall–Kier alpha value is -0.720. The summed E-state index contributed by atoms with van der Waals surface area (Å²) in [6.07, 6.45) is 8.19. The minimum atomic E-state index is -0.710. The molecule has 1 fully saturated rings. The van der Waals surface area contributed by atoms with Crippen LogP contribution in [0.5, 0.6) is 0 Å². The predicted molar refractivity (Wildman–Crippen MR) is 83.3 cm³/mol. The number of aliphatic hydroxyl groups is 1. The molecule has 0 saturated carbocycles. The molecule has 22 heavy (non-hydrogen) atoms. The smallest absolute Gasteiger partial charge is 0.164 e. The molecule has 1 aliphatic heterocycles. The van der Waals surface area contributed by atoms with Crippen molar-refractivity contribution >= 4 is 0 Å². The van der Waals surface area contributed by atoms with Gasteiger partial charge in [-0.2, -0.15) is 0 Å². The fourth-order valence-corrected chi connectivity index (χ4v) is 3.24. The van der Waals surface area contributed by atoms with E-state index in [9.17, 15) is 5.11 Å². The number of fused-ring (bicyclic) bond motifs is 1. The highest BCUT2D eigenvalue weighted by Crippen LogP contribution is 2.46. The first kappa shape index (κ1) is 17.6. The topological polar surface area (TPSA) is 57.2 Å². The Labute approximate surface area is 132 Å². The lowest BCUT2D eigenvalue weighted by Gasteiger charge is -2.39. The summed E-state index contributed by atoms with van der Waals surface area (Å²) in [6.45, 7) is 5.84. The predicted octanol–water partition coefficient (Wildman–Crippen LogP) is 2.40. The second kappa shape index (κ2) is 6.81. The number of methoxy groups -OCH3 is 2. The molecule has 0 unspecified atom stereocenters. The number of aliphatic hydroxyl groups excluding tert-OH is 1. The van der Waals surface area contributed by atoms with E-state index in [0.29, 0.717) is 0 Å². The average molecular weight is 312 g/mol. The van der Waals surface area contributed by atoms with Crippen LogP contribution in [0, 0.1) is 5.92 Å². The quantitative estimate of drug-likeness (QED) is 0.603. The Balaban J connectivity index is 2.12. The van der Waals surface area contributed by atoms with Crippen molar-refractivity contribution in [2.45, 2.75) is 63.5 Å². The molecule has 4 atom stereocenters. The van der Waals surface area contributed by atoms with Gasteiger partial charge in [-0.3, -0.25) is 0 Å². The van der Waals surface area contributed by atoms with Crippen LogP contribution in [0.15, 0.2) is 24.3 Å². The summed E-state index contributed by atoms with van der Waals surface area (Å²) in [5, 5.41) is 10.2. The summed E-state index contributed by atoms with van der Waals surface area (Å²) in [5.74, 6) is -0.586. The Kier molecular flexibility index (Phi) is 5.45. The summed E-state index contributed by atoms with van der Waals surface area (Å²) in [4.78, 5) is 0. The van der Waals surface area contributed by atoms with Gasteiger partial charge in [-0.15, -0.1) is 0 Å². The number of ether oxygens (including phenoxy) is 4. The first-order valence-electron chi connectivity index (χ1n) is 7.82. The maximum atomic E-state index is 10.2. The molecule has 0 radical (unpaired) electrons. The first-order chi connectivity index (χ1) is 10.3. The average Bonchev–Trinajstić information content (AvgIpc) is 2.77. The molecule has 1 N–H and O–H groups in total. The van der Waals surface area contributed by atoms with Crippen LogP contribution in [0.1, 0.15) is 33.6 Å². The molecular weight excluding hydrogens is 284 g/mol.